The van der Waals surface area contributed by atoms with Crippen LogP contribution in [0.4, 0.5) is 4.39 Å². The van der Waals surface area contributed by atoms with Crippen LogP contribution in [0.15, 0.2) is 47.3 Å². The van der Waals surface area contributed by atoms with Crippen LogP contribution in [0.3, 0.4) is 0 Å². The number of pyridine rings is 2. The van der Waals surface area contributed by atoms with Gasteiger partial charge in [0.25, 0.3) is 5.56 Å². The second-order valence-corrected chi connectivity index (χ2v) is 14.2. The number of hydrogen-bond donors (Lipinski definition) is 5. The van der Waals surface area contributed by atoms with Gasteiger partial charge in [-0.15, -0.1) is 0 Å². The second kappa shape index (κ2) is 15.3. The molecule has 3 atom stereocenters. The van der Waals surface area contributed by atoms with Crippen molar-refractivity contribution in [3.63, 3.8) is 0 Å². The average molecular weight is 769 g/mol. The van der Waals surface area contributed by atoms with Crippen molar-refractivity contribution < 1.29 is 42.9 Å². The Morgan fingerprint density at radius 1 is 1.09 bits per heavy atom. The summed E-state index contributed by atoms with van der Waals surface area (Å²) in [6.45, 7) is 3.26. The predicted octanol–water partition coefficient (Wildman–Crippen LogP) is 1.58. The molecule has 0 fully saturated rings. The van der Waals surface area contributed by atoms with E-state index in [1.165, 1.54) is 17.6 Å². The Morgan fingerprint density at radius 2 is 1.86 bits per heavy atom. The standard InChI is InChI=1S/C40H41FN6O9/c1-4-40(54)26-13-31-36-24(16-47(31)38(52)25(26)17-56-39(40)53)35-28(11-10-23-20(2)27(41)14-29(46-36)34(23)35)45-33(50)18-55-19-43-32(49)15-42-37(51)30(44-21(3)48)12-22-8-6-5-7-9-22/h5-9,13-14,28,30,54H,4,10-12,15-19H2,1-3H3,(H,42,51)(H,43,49)(H,44,48)(H,45,50). The number of benzene rings is 2. The molecule has 56 heavy (non-hydrogen) atoms. The molecule has 5 N–H and O–H groups in total. The monoisotopic (exact) mass is 768 g/mol. The molecular formula is C40H41FN6O9. The fourth-order valence-corrected chi connectivity index (χ4v) is 7.87. The molecule has 4 heterocycles. The first-order valence-electron chi connectivity index (χ1n) is 18.3. The maximum Gasteiger partial charge on any atom is 0.343 e. The lowest BCUT2D eigenvalue weighted by atomic mass is 9.81. The predicted molar refractivity (Wildman–Crippen MR) is 198 cm³/mol. The van der Waals surface area contributed by atoms with E-state index in [1.807, 2.05) is 30.3 Å². The molecule has 0 saturated carbocycles. The normalized spacial score (nSPS) is 18.2. The molecular weight excluding hydrogens is 727 g/mol. The van der Waals surface area contributed by atoms with Crippen LogP contribution in [-0.2, 0) is 65.0 Å². The van der Waals surface area contributed by atoms with Crippen molar-refractivity contribution in [3.05, 3.63) is 97.6 Å². The van der Waals surface area contributed by atoms with Crippen LogP contribution in [0, 0.1) is 12.7 Å². The second-order valence-electron chi connectivity index (χ2n) is 14.2. The van der Waals surface area contributed by atoms with Crippen molar-refractivity contribution in [2.45, 2.75) is 77.3 Å². The van der Waals surface area contributed by atoms with Crippen LogP contribution in [-0.4, -0.2) is 70.2 Å². The molecule has 7 rings (SSSR count). The molecule has 1 aliphatic carbocycles. The summed E-state index contributed by atoms with van der Waals surface area (Å²) in [7, 11) is 0. The van der Waals surface area contributed by atoms with Gasteiger partial charge in [-0.1, -0.05) is 37.3 Å². The van der Waals surface area contributed by atoms with Crippen molar-refractivity contribution in [2.75, 3.05) is 19.9 Å². The molecule has 16 heteroatoms. The van der Waals surface area contributed by atoms with Crippen LogP contribution in [0.2, 0.25) is 0 Å². The largest absolute Gasteiger partial charge is 0.458 e. The van der Waals surface area contributed by atoms with Gasteiger partial charge in [-0.05, 0) is 54.5 Å². The molecule has 0 radical (unpaired) electrons. The summed E-state index contributed by atoms with van der Waals surface area (Å²) in [5.74, 6) is -3.29. The van der Waals surface area contributed by atoms with Gasteiger partial charge in [0.15, 0.2) is 5.60 Å². The summed E-state index contributed by atoms with van der Waals surface area (Å²) in [6, 6.07) is 10.6. The molecule has 292 valence electrons. The maximum absolute atomic E-state index is 15.2. The van der Waals surface area contributed by atoms with E-state index in [1.54, 1.807) is 19.9 Å². The number of fused-ring (bicyclic) bond motifs is 5. The molecule has 2 aromatic heterocycles. The first-order chi connectivity index (χ1) is 26.8. The molecule has 0 saturated heterocycles. The quantitative estimate of drug-likeness (QED) is 0.0704. The Labute approximate surface area is 320 Å². The van der Waals surface area contributed by atoms with Gasteiger partial charge in [-0.2, -0.15) is 0 Å². The number of cyclic esters (lactones) is 1. The maximum atomic E-state index is 15.2. The molecule has 15 nitrogen and oxygen atoms in total. The van der Waals surface area contributed by atoms with E-state index in [-0.39, 0.29) is 50.4 Å². The van der Waals surface area contributed by atoms with Gasteiger partial charge in [0.2, 0.25) is 23.6 Å². The number of aliphatic hydroxyl groups is 1. The van der Waals surface area contributed by atoms with E-state index in [0.29, 0.717) is 51.8 Å². The van der Waals surface area contributed by atoms with Crippen LogP contribution in [0.25, 0.3) is 22.3 Å². The Kier molecular flexibility index (Phi) is 10.4. The smallest absolute Gasteiger partial charge is 0.343 e. The third-order valence-corrected chi connectivity index (χ3v) is 10.7. The summed E-state index contributed by atoms with van der Waals surface area (Å²) in [6.07, 6.45) is 1.07. The van der Waals surface area contributed by atoms with Crippen molar-refractivity contribution in [1.82, 2.24) is 30.8 Å². The van der Waals surface area contributed by atoms with E-state index in [4.69, 9.17) is 14.5 Å². The number of carbonyl (C=O) groups is 5. The molecule has 3 aliphatic rings. The molecule has 0 spiro atoms. The summed E-state index contributed by atoms with van der Waals surface area (Å²) in [4.78, 5) is 81.5. The highest BCUT2D eigenvalue weighted by Crippen LogP contribution is 2.46. The average Bonchev–Trinajstić information content (AvgIpc) is 3.55. The lowest BCUT2D eigenvalue weighted by Gasteiger charge is -2.31. The van der Waals surface area contributed by atoms with Crippen molar-refractivity contribution in [3.8, 4) is 11.4 Å². The number of nitrogens with zero attached hydrogens (tertiary/aromatic N) is 2. The van der Waals surface area contributed by atoms with Gasteiger partial charge in [-0.25, -0.2) is 14.2 Å². The molecule has 4 amide bonds. The minimum Gasteiger partial charge on any atom is -0.458 e. The number of aryl methyl sites for hydroxylation is 1. The zero-order chi connectivity index (χ0) is 39.9. The minimum absolute atomic E-state index is 0.0230. The van der Waals surface area contributed by atoms with Gasteiger partial charge in [-0.3, -0.25) is 24.0 Å². The Balaban J connectivity index is 1.04. The summed E-state index contributed by atoms with van der Waals surface area (Å²) < 4.78 is 27.4. The molecule has 2 aliphatic heterocycles. The highest BCUT2D eigenvalue weighted by atomic mass is 19.1. The molecule has 0 bridgehead atoms. The van der Waals surface area contributed by atoms with Crippen LogP contribution < -0.4 is 26.8 Å². The Bertz CT molecular complexity index is 2360. The van der Waals surface area contributed by atoms with E-state index >= 15 is 4.39 Å². The van der Waals surface area contributed by atoms with E-state index in [0.717, 1.165) is 11.1 Å². The number of carbonyl (C=O) groups excluding carboxylic acids is 5. The zero-order valence-electron chi connectivity index (χ0n) is 31.0. The van der Waals surface area contributed by atoms with Gasteiger partial charge < -0.3 is 40.4 Å². The number of aromatic nitrogens is 2. The van der Waals surface area contributed by atoms with Gasteiger partial charge in [0, 0.05) is 35.9 Å². The summed E-state index contributed by atoms with van der Waals surface area (Å²) in [5, 5.41) is 22.6. The highest BCUT2D eigenvalue weighted by molar-refractivity contribution is 5.94. The number of hydrogen-bond acceptors (Lipinski definition) is 10. The lowest BCUT2D eigenvalue weighted by Crippen LogP contribution is -2.49. The molecule has 3 unspecified atom stereocenters. The zero-order valence-corrected chi connectivity index (χ0v) is 31.0. The summed E-state index contributed by atoms with van der Waals surface area (Å²) >= 11 is 0. The number of esters is 1. The van der Waals surface area contributed by atoms with E-state index in [9.17, 15) is 33.9 Å². The van der Waals surface area contributed by atoms with Crippen molar-refractivity contribution in [2.24, 2.45) is 0 Å². The summed E-state index contributed by atoms with van der Waals surface area (Å²) in [5.41, 5.74) is 2.34. The van der Waals surface area contributed by atoms with E-state index < -0.39 is 65.3 Å². The Morgan fingerprint density at radius 3 is 2.59 bits per heavy atom. The topological polar surface area (TPSA) is 207 Å². The number of rotatable bonds is 12. The molecule has 4 aromatic rings. The van der Waals surface area contributed by atoms with Crippen molar-refractivity contribution in [1.29, 1.82) is 0 Å². The minimum atomic E-state index is -2.02. The third kappa shape index (κ3) is 7.01. The number of nitrogens with one attached hydrogen (secondary N) is 4. The van der Waals surface area contributed by atoms with Gasteiger partial charge >= 0.3 is 5.97 Å². The highest BCUT2D eigenvalue weighted by Gasteiger charge is 2.46. The Hall–Kier alpha value is -6.00. The fourth-order valence-electron chi connectivity index (χ4n) is 7.87. The van der Waals surface area contributed by atoms with Crippen LogP contribution >= 0.6 is 0 Å². The first-order valence-corrected chi connectivity index (χ1v) is 18.3. The number of ether oxygens (including phenoxy) is 2. The first kappa shape index (κ1) is 38.3. The third-order valence-electron chi connectivity index (χ3n) is 10.7. The number of halogens is 1. The fraction of sp³-hybridized carbons (Fsp3) is 0.375. The lowest BCUT2D eigenvalue weighted by molar-refractivity contribution is -0.172. The van der Waals surface area contributed by atoms with Gasteiger partial charge in [0.1, 0.15) is 31.8 Å². The van der Waals surface area contributed by atoms with Crippen LogP contribution in [0.1, 0.15) is 71.7 Å². The van der Waals surface area contributed by atoms with Crippen molar-refractivity contribution >= 4 is 40.5 Å². The van der Waals surface area contributed by atoms with E-state index in [2.05, 4.69) is 21.3 Å². The van der Waals surface area contributed by atoms with Crippen LogP contribution in [0.5, 0.6) is 0 Å². The number of amides is 4. The SMILES string of the molecule is CCC1(O)C(=O)OCc2c1cc1n(c2=O)Cc2c-1nc1cc(F)c(C)c3c1c2C(NC(=O)COCNC(=O)CNC(=O)C(Cc1ccccc1)NC(C)=O)CC3. The van der Waals surface area contributed by atoms with Gasteiger partial charge in [0.05, 0.1) is 41.6 Å². The molecule has 2 aromatic carbocycles.